The largest absolute Gasteiger partial charge is 0.454 e. The smallest absolute Gasteiger partial charge is 0.297 e. The van der Waals surface area contributed by atoms with E-state index in [0.717, 1.165) is 10.0 Å². The molecule has 0 radical (unpaired) electrons. The van der Waals surface area contributed by atoms with Crippen LogP contribution in [0.1, 0.15) is 12.5 Å². The Kier molecular flexibility index (Phi) is 5.54. The molecule has 1 N–H and O–H groups in total. The van der Waals surface area contributed by atoms with Crippen LogP contribution in [0.25, 0.3) is 0 Å². The highest BCUT2D eigenvalue weighted by atomic mass is 79.9. The molecule has 0 fully saturated rings. The molecule has 9 heteroatoms. The van der Waals surface area contributed by atoms with E-state index >= 15 is 0 Å². The third-order valence-corrected chi connectivity index (χ3v) is 5.71. The van der Waals surface area contributed by atoms with Crippen LogP contribution < -0.4 is 20.3 Å². The summed E-state index contributed by atoms with van der Waals surface area (Å²) in [5.74, 6) is 2.20. The highest BCUT2D eigenvalue weighted by molar-refractivity contribution is 9.10. The van der Waals surface area contributed by atoms with Crippen molar-refractivity contribution in [1.82, 2.24) is 14.8 Å². The van der Waals surface area contributed by atoms with Crippen molar-refractivity contribution in [3.63, 3.8) is 0 Å². The third kappa shape index (κ3) is 4.00. The molecule has 0 spiro atoms. The molecule has 4 rings (SSSR count). The standard InChI is InChI=1S/C19H17BrN4O3S/c1-2-24-18(25)17(21-14-7-8-15-16(9-14)27-11-26-15)22-23-19(24)28-10-12-3-5-13(20)6-4-12/h3-9H,2,10-11H2,1H3,(H,21,22). The normalized spacial score (nSPS) is 12.2. The number of hydrogen-bond acceptors (Lipinski definition) is 7. The van der Waals surface area contributed by atoms with Gasteiger partial charge in [-0.2, -0.15) is 0 Å². The molecule has 0 atom stereocenters. The molecule has 0 bridgehead atoms. The number of ether oxygens (including phenoxy) is 2. The van der Waals surface area contributed by atoms with Gasteiger partial charge in [-0.05, 0) is 36.8 Å². The minimum atomic E-state index is -0.214. The molecule has 1 aliphatic rings. The zero-order valence-corrected chi connectivity index (χ0v) is 17.4. The number of nitrogens with zero attached hydrogens (tertiary/aromatic N) is 3. The second kappa shape index (κ2) is 8.24. The monoisotopic (exact) mass is 460 g/mol. The summed E-state index contributed by atoms with van der Waals surface area (Å²) in [6, 6.07) is 13.4. The van der Waals surface area contributed by atoms with Gasteiger partial charge in [-0.25, -0.2) is 0 Å². The molecule has 3 aromatic rings. The summed E-state index contributed by atoms with van der Waals surface area (Å²) in [5, 5.41) is 12.0. The molecular weight excluding hydrogens is 444 g/mol. The fourth-order valence-corrected chi connectivity index (χ4v) is 3.93. The van der Waals surface area contributed by atoms with Crippen molar-refractivity contribution in [3.8, 4) is 11.5 Å². The predicted molar refractivity (Wildman–Crippen MR) is 112 cm³/mol. The summed E-state index contributed by atoms with van der Waals surface area (Å²) in [7, 11) is 0. The van der Waals surface area contributed by atoms with Gasteiger partial charge in [0.2, 0.25) is 12.6 Å². The first-order chi connectivity index (χ1) is 13.6. The number of thioether (sulfide) groups is 1. The van der Waals surface area contributed by atoms with Crippen LogP contribution in [0.2, 0.25) is 0 Å². The van der Waals surface area contributed by atoms with Gasteiger partial charge in [0.05, 0.1) is 0 Å². The molecule has 2 heterocycles. The Bertz CT molecular complexity index is 1060. The van der Waals surface area contributed by atoms with E-state index in [9.17, 15) is 4.79 Å². The molecule has 0 amide bonds. The SMILES string of the molecule is CCn1c(SCc2ccc(Br)cc2)nnc(Nc2ccc3c(c2)OCO3)c1=O. The van der Waals surface area contributed by atoms with Crippen LogP contribution in [0.3, 0.4) is 0 Å². The number of benzene rings is 2. The first kappa shape index (κ1) is 18.8. The Hall–Kier alpha value is -2.52. The number of aromatic nitrogens is 3. The first-order valence-electron chi connectivity index (χ1n) is 8.65. The van der Waals surface area contributed by atoms with Crippen LogP contribution >= 0.6 is 27.7 Å². The topological polar surface area (TPSA) is 78.3 Å². The molecule has 0 unspecified atom stereocenters. The Morgan fingerprint density at radius 2 is 1.93 bits per heavy atom. The fraction of sp³-hybridized carbons (Fsp3) is 0.211. The minimum Gasteiger partial charge on any atom is -0.454 e. The van der Waals surface area contributed by atoms with E-state index in [-0.39, 0.29) is 18.2 Å². The molecule has 1 aliphatic heterocycles. The van der Waals surface area contributed by atoms with Crippen molar-refractivity contribution in [2.45, 2.75) is 24.4 Å². The van der Waals surface area contributed by atoms with E-state index in [1.807, 2.05) is 31.2 Å². The summed E-state index contributed by atoms with van der Waals surface area (Å²) in [4.78, 5) is 12.8. The molecule has 144 valence electrons. The number of halogens is 1. The predicted octanol–water partition coefficient (Wildman–Crippen LogP) is 4.19. The molecule has 0 aliphatic carbocycles. The lowest BCUT2D eigenvalue weighted by Crippen LogP contribution is -2.26. The van der Waals surface area contributed by atoms with Crippen molar-refractivity contribution in [1.29, 1.82) is 0 Å². The van der Waals surface area contributed by atoms with Crippen LogP contribution in [0, 0.1) is 0 Å². The summed E-state index contributed by atoms with van der Waals surface area (Å²) in [6.07, 6.45) is 0. The summed E-state index contributed by atoms with van der Waals surface area (Å²) in [5.41, 5.74) is 1.62. The first-order valence-corrected chi connectivity index (χ1v) is 10.4. The van der Waals surface area contributed by atoms with Crippen molar-refractivity contribution in [2.24, 2.45) is 0 Å². The number of hydrogen-bond donors (Lipinski definition) is 1. The molecule has 0 saturated carbocycles. The quantitative estimate of drug-likeness (QED) is 0.552. The number of rotatable bonds is 6. The Morgan fingerprint density at radius 3 is 2.71 bits per heavy atom. The van der Waals surface area contributed by atoms with E-state index in [1.165, 1.54) is 11.8 Å². The summed E-state index contributed by atoms with van der Waals surface area (Å²) >= 11 is 4.91. The molecular formula is C19H17BrN4O3S. The van der Waals surface area contributed by atoms with Gasteiger partial charge < -0.3 is 14.8 Å². The lowest BCUT2D eigenvalue weighted by molar-refractivity contribution is 0.174. The van der Waals surface area contributed by atoms with E-state index in [1.54, 1.807) is 22.8 Å². The van der Waals surface area contributed by atoms with Crippen LogP contribution in [0.5, 0.6) is 11.5 Å². The van der Waals surface area contributed by atoms with E-state index < -0.39 is 0 Å². The van der Waals surface area contributed by atoms with Crippen LogP contribution in [0.15, 0.2) is 56.9 Å². The van der Waals surface area contributed by atoms with Gasteiger partial charge in [-0.1, -0.05) is 39.8 Å². The number of anilines is 2. The lowest BCUT2D eigenvalue weighted by atomic mass is 10.2. The molecule has 28 heavy (non-hydrogen) atoms. The lowest BCUT2D eigenvalue weighted by Gasteiger charge is -2.11. The van der Waals surface area contributed by atoms with Crippen molar-refractivity contribution < 1.29 is 9.47 Å². The van der Waals surface area contributed by atoms with Gasteiger partial charge in [0.25, 0.3) is 5.56 Å². The van der Waals surface area contributed by atoms with Crippen LogP contribution in [-0.4, -0.2) is 21.6 Å². The van der Waals surface area contributed by atoms with E-state index in [4.69, 9.17) is 9.47 Å². The maximum atomic E-state index is 12.8. The van der Waals surface area contributed by atoms with Gasteiger partial charge >= 0.3 is 0 Å². The summed E-state index contributed by atoms with van der Waals surface area (Å²) < 4.78 is 13.3. The van der Waals surface area contributed by atoms with Crippen LogP contribution in [-0.2, 0) is 12.3 Å². The number of fused-ring (bicyclic) bond motifs is 1. The van der Waals surface area contributed by atoms with Crippen molar-refractivity contribution in [3.05, 3.63) is 62.9 Å². The Labute approximate surface area is 174 Å². The van der Waals surface area contributed by atoms with Gasteiger partial charge in [-0.15, -0.1) is 10.2 Å². The Balaban J connectivity index is 1.53. The third-order valence-electron chi connectivity index (χ3n) is 4.15. The zero-order chi connectivity index (χ0) is 19.5. The fourth-order valence-electron chi connectivity index (χ4n) is 2.71. The highest BCUT2D eigenvalue weighted by Gasteiger charge is 2.16. The second-order valence-electron chi connectivity index (χ2n) is 5.99. The minimum absolute atomic E-state index is 0.175. The zero-order valence-electron chi connectivity index (χ0n) is 15.0. The average molecular weight is 461 g/mol. The maximum absolute atomic E-state index is 12.8. The molecule has 2 aromatic carbocycles. The van der Waals surface area contributed by atoms with Gasteiger partial charge in [-0.3, -0.25) is 9.36 Å². The second-order valence-corrected chi connectivity index (χ2v) is 7.85. The van der Waals surface area contributed by atoms with Crippen molar-refractivity contribution >= 4 is 39.2 Å². The van der Waals surface area contributed by atoms with Gasteiger partial charge in [0, 0.05) is 28.5 Å². The highest BCUT2D eigenvalue weighted by Crippen LogP contribution is 2.34. The Morgan fingerprint density at radius 1 is 1.14 bits per heavy atom. The van der Waals surface area contributed by atoms with Crippen LogP contribution in [0.4, 0.5) is 11.5 Å². The average Bonchev–Trinajstić information content (AvgIpc) is 3.17. The molecule has 1 aromatic heterocycles. The van der Waals surface area contributed by atoms with E-state index in [0.29, 0.717) is 34.6 Å². The summed E-state index contributed by atoms with van der Waals surface area (Å²) in [6.45, 7) is 2.62. The van der Waals surface area contributed by atoms with E-state index in [2.05, 4.69) is 31.4 Å². The molecule has 7 nitrogen and oxygen atoms in total. The van der Waals surface area contributed by atoms with Gasteiger partial charge in [0.15, 0.2) is 16.7 Å². The maximum Gasteiger partial charge on any atom is 0.297 e. The number of nitrogens with one attached hydrogen (secondary N) is 1. The molecule has 0 saturated heterocycles. The van der Waals surface area contributed by atoms with Crippen molar-refractivity contribution in [2.75, 3.05) is 12.1 Å². The van der Waals surface area contributed by atoms with Gasteiger partial charge in [0.1, 0.15) is 0 Å².